The predicted octanol–water partition coefficient (Wildman–Crippen LogP) is 6.28. The molecule has 0 unspecified atom stereocenters. The average Bonchev–Trinajstić information content (AvgIpc) is 3.39. The maximum Gasteiger partial charge on any atom is 0.141 e. The van der Waals surface area contributed by atoms with Gasteiger partial charge in [0.2, 0.25) is 0 Å². The normalized spacial score (nSPS) is 13.3. The number of pyridine rings is 1. The third-order valence-corrected chi connectivity index (χ3v) is 6.52. The van der Waals surface area contributed by atoms with Crippen molar-refractivity contribution in [1.29, 1.82) is 10.5 Å². The lowest BCUT2D eigenvalue weighted by atomic mass is 10.0. The zero-order valence-electron chi connectivity index (χ0n) is 19.9. The fourth-order valence-corrected chi connectivity index (χ4v) is 4.57. The smallest absolute Gasteiger partial charge is 0.141 e. The van der Waals surface area contributed by atoms with E-state index >= 15 is 0 Å². The van der Waals surface area contributed by atoms with E-state index in [1.54, 1.807) is 35.5 Å². The molecule has 12 heteroatoms. The lowest BCUT2D eigenvalue weighted by molar-refractivity contribution is 0.300. The van der Waals surface area contributed by atoms with Gasteiger partial charge in [-0.25, -0.2) is 8.78 Å². The molecule has 1 aliphatic heterocycles. The first kappa shape index (κ1) is 26.0. The quantitative estimate of drug-likeness (QED) is 0.195. The molecule has 39 heavy (non-hydrogen) atoms. The third kappa shape index (κ3) is 5.49. The van der Waals surface area contributed by atoms with Crippen LogP contribution >= 0.6 is 23.2 Å². The fraction of sp³-hybridized carbons (Fsp3) is 0.0741. The highest BCUT2D eigenvalue weighted by Gasteiger charge is 2.23. The zero-order valence-corrected chi connectivity index (χ0v) is 21.4. The SMILES string of the molecule is N#CCN1C=C([C@@H](Nc2cc(Cl)c3ncc(C#N)c(Nc4ccc(F)c(Cl)c4)c3c2)c2ccc(F)cc2)NN1. The highest BCUT2D eigenvalue weighted by Crippen LogP contribution is 2.37. The van der Waals surface area contributed by atoms with Crippen LogP contribution in [0.1, 0.15) is 17.2 Å². The molecule has 8 nitrogen and oxygen atoms in total. The van der Waals surface area contributed by atoms with E-state index in [2.05, 4.69) is 38.7 Å². The molecule has 4 N–H and O–H groups in total. The fourth-order valence-electron chi connectivity index (χ4n) is 4.12. The van der Waals surface area contributed by atoms with Gasteiger partial charge in [0.15, 0.2) is 0 Å². The number of benzene rings is 3. The number of nitrogens with zero attached hydrogens (tertiary/aromatic N) is 4. The van der Waals surface area contributed by atoms with Crippen LogP contribution in [-0.4, -0.2) is 16.5 Å². The number of fused-ring (bicyclic) bond motifs is 1. The first-order valence-corrected chi connectivity index (χ1v) is 12.2. The van der Waals surface area contributed by atoms with E-state index < -0.39 is 11.9 Å². The van der Waals surface area contributed by atoms with Gasteiger partial charge in [0.1, 0.15) is 24.2 Å². The molecular formula is C27H18Cl2F2N8. The molecule has 0 fully saturated rings. The summed E-state index contributed by atoms with van der Waals surface area (Å²) < 4.78 is 27.4. The second-order valence-electron chi connectivity index (χ2n) is 8.50. The Hall–Kier alpha value is -4.61. The monoisotopic (exact) mass is 562 g/mol. The molecule has 3 aromatic carbocycles. The van der Waals surface area contributed by atoms with Gasteiger partial charge in [0.25, 0.3) is 0 Å². The molecule has 0 bridgehead atoms. The van der Waals surface area contributed by atoms with E-state index in [4.69, 9.17) is 28.5 Å². The molecule has 0 radical (unpaired) electrons. The van der Waals surface area contributed by atoms with Crippen LogP contribution in [0.15, 0.2) is 72.7 Å². The second kappa shape index (κ2) is 11.0. The Morgan fingerprint density at radius 1 is 1.00 bits per heavy atom. The number of hydrogen-bond donors (Lipinski definition) is 4. The molecule has 2 heterocycles. The molecule has 0 saturated heterocycles. The Bertz CT molecular complexity index is 1680. The van der Waals surface area contributed by atoms with Crippen molar-refractivity contribution in [2.45, 2.75) is 6.04 Å². The van der Waals surface area contributed by atoms with Crippen LogP contribution in [0, 0.1) is 34.3 Å². The van der Waals surface area contributed by atoms with Gasteiger partial charge >= 0.3 is 0 Å². The van der Waals surface area contributed by atoms with Crippen LogP contribution in [0.5, 0.6) is 0 Å². The van der Waals surface area contributed by atoms with E-state index in [0.717, 1.165) is 5.56 Å². The molecule has 0 amide bonds. The van der Waals surface area contributed by atoms with Gasteiger partial charge in [0.05, 0.1) is 44.6 Å². The van der Waals surface area contributed by atoms with Crippen molar-refractivity contribution < 1.29 is 8.78 Å². The topological polar surface area (TPSA) is 112 Å². The van der Waals surface area contributed by atoms with Crippen molar-refractivity contribution in [3.05, 3.63) is 105 Å². The van der Waals surface area contributed by atoms with Crippen molar-refractivity contribution in [2.24, 2.45) is 0 Å². The summed E-state index contributed by atoms with van der Waals surface area (Å²) in [5.41, 5.74) is 9.45. The maximum absolute atomic E-state index is 13.7. The van der Waals surface area contributed by atoms with E-state index in [0.29, 0.717) is 38.7 Å². The number of hydrazine groups is 2. The largest absolute Gasteiger partial charge is 0.373 e. The minimum atomic E-state index is -0.568. The van der Waals surface area contributed by atoms with Gasteiger partial charge in [-0.05, 0) is 48.0 Å². The first-order valence-electron chi connectivity index (χ1n) is 11.5. The molecule has 0 aliphatic carbocycles. The van der Waals surface area contributed by atoms with E-state index in [9.17, 15) is 14.0 Å². The van der Waals surface area contributed by atoms with Gasteiger partial charge in [-0.2, -0.15) is 10.5 Å². The van der Waals surface area contributed by atoms with Crippen molar-refractivity contribution >= 4 is 51.2 Å². The van der Waals surface area contributed by atoms with Crippen LogP contribution in [0.3, 0.4) is 0 Å². The van der Waals surface area contributed by atoms with E-state index in [1.807, 2.05) is 0 Å². The number of nitrogens with one attached hydrogen (secondary N) is 4. The minimum Gasteiger partial charge on any atom is -0.373 e. The van der Waals surface area contributed by atoms with Gasteiger partial charge in [-0.15, -0.1) is 5.53 Å². The summed E-state index contributed by atoms with van der Waals surface area (Å²) in [5.74, 6) is -0.947. The highest BCUT2D eigenvalue weighted by molar-refractivity contribution is 6.36. The number of halogens is 4. The summed E-state index contributed by atoms with van der Waals surface area (Å²) >= 11 is 12.6. The third-order valence-electron chi connectivity index (χ3n) is 5.94. The molecular weight excluding hydrogens is 545 g/mol. The maximum atomic E-state index is 13.7. The molecule has 0 spiro atoms. The Morgan fingerprint density at radius 3 is 2.49 bits per heavy atom. The molecule has 1 atom stereocenters. The Labute approximate surface area is 232 Å². The van der Waals surface area contributed by atoms with Crippen LogP contribution in [0.4, 0.5) is 25.8 Å². The summed E-state index contributed by atoms with van der Waals surface area (Å²) in [6.07, 6.45) is 3.13. The van der Waals surface area contributed by atoms with Crippen LogP contribution in [-0.2, 0) is 0 Å². The predicted molar refractivity (Wildman–Crippen MR) is 146 cm³/mol. The lowest BCUT2D eigenvalue weighted by Crippen LogP contribution is -2.37. The number of aromatic nitrogens is 1. The van der Waals surface area contributed by atoms with Crippen LogP contribution in [0.25, 0.3) is 10.9 Å². The summed E-state index contributed by atoms with van der Waals surface area (Å²) in [6.45, 7) is 0.0967. The average molecular weight is 563 g/mol. The summed E-state index contributed by atoms with van der Waals surface area (Å²) in [7, 11) is 0. The first-order chi connectivity index (χ1) is 18.9. The minimum absolute atomic E-state index is 0.0733. The highest BCUT2D eigenvalue weighted by atomic mass is 35.5. The number of nitriles is 2. The van der Waals surface area contributed by atoms with Crippen LogP contribution < -0.4 is 21.6 Å². The van der Waals surface area contributed by atoms with Crippen molar-refractivity contribution in [3.8, 4) is 12.1 Å². The number of rotatable bonds is 7. The lowest BCUT2D eigenvalue weighted by Gasteiger charge is -2.22. The molecule has 0 saturated carbocycles. The van der Waals surface area contributed by atoms with Gasteiger partial charge < -0.3 is 16.1 Å². The molecule has 4 aromatic rings. The Morgan fingerprint density at radius 2 is 1.77 bits per heavy atom. The molecule has 194 valence electrons. The second-order valence-corrected chi connectivity index (χ2v) is 9.32. The number of hydrogen-bond acceptors (Lipinski definition) is 8. The van der Waals surface area contributed by atoms with Crippen molar-refractivity contribution in [3.63, 3.8) is 0 Å². The van der Waals surface area contributed by atoms with Crippen LogP contribution in [0.2, 0.25) is 10.0 Å². The van der Waals surface area contributed by atoms with E-state index in [1.165, 1.54) is 36.5 Å². The van der Waals surface area contributed by atoms with Gasteiger partial charge in [-0.3, -0.25) is 9.99 Å². The Kier molecular flexibility index (Phi) is 7.35. The summed E-state index contributed by atoms with van der Waals surface area (Å²) in [6, 6.07) is 17.3. The Balaban J connectivity index is 1.59. The van der Waals surface area contributed by atoms with Gasteiger partial charge in [0, 0.05) is 29.2 Å². The van der Waals surface area contributed by atoms with E-state index in [-0.39, 0.29) is 22.9 Å². The molecule has 5 rings (SSSR count). The summed E-state index contributed by atoms with van der Waals surface area (Å²) in [4.78, 5) is 4.36. The summed E-state index contributed by atoms with van der Waals surface area (Å²) in [5, 5.41) is 27.7. The number of anilines is 3. The zero-order chi connectivity index (χ0) is 27.5. The van der Waals surface area contributed by atoms with Crippen molar-refractivity contribution in [1.82, 2.24) is 21.0 Å². The molecule has 1 aromatic heterocycles. The van der Waals surface area contributed by atoms with Crippen molar-refractivity contribution in [2.75, 3.05) is 17.2 Å². The standard InChI is InChI=1S/C27H18Cl2F2N8/c28-21-10-18(5-6-23(21)31)35-25-16(12-33)13-34-27-20(25)9-19(11-22(27)29)36-26(15-1-3-17(30)4-2-15)24-14-39(8-7-32)38-37-24/h1-6,9-11,13-14,26,36-38H,8H2,(H,34,35)/t26-/m0/s1. The van der Waals surface area contributed by atoms with Gasteiger partial charge in [-0.1, -0.05) is 35.3 Å². The molecule has 1 aliphatic rings.